The van der Waals surface area contributed by atoms with Crippen LogP contribution in [0.25, 0.3) is 0 Å². The van der Waals surface area contributed by atoms with E-state index in [0.717, 1.165) is 31.0 Å². The van der Waals surface area contributed by atoms with Crippen LogP contribution in [0.4, 0.5) is 0 Å². The molecular weight excluding hydrogens is 324 g/mol. The molecule has 0 aliphatic rings. The van der Waals surface area contributed by atoms with Crippen LogP contribution < -0.4 is 10.6 Å². The minimum absolute atomic E-state index is 0.0102. The fraction of sp³-hybridized carbons (Fsp3) is 0.333. The van der Waals surface area contributed by atoms with Gasteiger partial charge in [0.15, 0.2) is 5.96 Å². The van der Waals surface area contributed by atoms with E-state index in [-0.39, 0.29) is 5.91 Å². The van der Waals surface area contributed by atoms with Crippen LogP contribution in [0, 0.1) is 0 Å². The van der Waals surface area contributed by atoms with E-state index in [9.17, 15) is 4.79 Å². The molecule has 0 unspecified atom stereocenters. The van der Waals surface area contributed by atoms with E-state index in [2.05, 4.69) is 46.8 Å². The lowest BCUT2D eigenvalue weighted by molar-refractivity contribution is 0.0827. The van der Waals surface area contributed by atoms with Crippen LogP contribution in [-0.2, 0) is 13.0 Å². The van der Waals surface area contributed by atoms with Crippen molar-refractivity contribution in [3.8, 4) is 0 Å². The Labute approximate surface area is 156 Å². The van der Waals surface area contributed by atoms with Crippen molar-refractivity contribution in [1.29, 1.82) is 0 Å². The van der Waals surface area contributed by atoms with Gasteiger partial charge in [0, 0.05) is 32.7 Å². The van der Waals surface area contributed by atoms with Crippen LogP contribution in [0.1, 0.15) is 28.4 Å². The van der Waals surface area contributed by atoms with Gasteiger partial charge in [-0.15, -0.1) is 0 Å². The first-order valence-electron chi connectivity index (χ1n) is 8.97. The summed E-state index contributed by atoms with van der Waals surface area (Å²) in [6.07, 6.45) is 0.951. The van der Waals surface area contributed by atoms with Gasteiger partial charge in [-0.05, 0) is 36.6 Å². The van der Waals surface area contributed by atoms with Gasteiger partial charge in [0.1, 0.15) is 0 Å². The van der Waals surface area contributed by atoms with Gasteiger partial charge in [-0.3, -0.25) is 4.79 Å². The molecule has 0 atom stereocenters. The summed E-state index contributed by atoms with van der Waals surface area (Å²) in [5.41, 5.74) is 3.06. The zero-order valence-electron chi connectivity index (χ0n) is 15.8. The Morgan fingerprint density at radius 3 is 2.27 bits per heavy atom. The molecule has 0 spiro atoms. The Morgan fingerprint density at radius 2 is 1.65 bits per heavy atom. The van der Waals surface area contributed by atoms with Crippen LogP contribution in [0.15, 0.2) is 59.6 Å². The topological polar surface area (TPSA) is 56.7 Å². The molecule has 0 fully saturated rings. The van der Waals surface area contributed by atoms with E-state index in [1.54, 1.807) is 19.0 Å². The number of guanidine groups is 1. The Bertz CT molecular complexity index is 709. The SMILES string of the molecule is CCNC(=NCc1ccc(C(=O)N(C)C)cc1)NCCc1ccccc1. The molecule has 2 N–H and O–H groups in total. The molecule has 5 heteroatoms. The molecule has 1 amide bonds. The third-order valence-corrected chi connectivity index (χ3v) is 3.92. The maximum atomic E-state index is 11.9. The molecule has 0 aliphatic heterocycles. The number of benzene rings is 2. The normalized spacial score (nSPS) is 11.1. The molecule has 0 heterocycles. The van der Waals surface area contributed by atoms with Crippen molar-refractivity contribution >= 4 is 11.9 Å². The molecule has 2 aromatic carbocycles. The quantitative estimate of drug-likeness (QED) is 0.595. The molecule has 0 saturated carbocycles. The molecular formula is C21H28N4O. The minimum Gasteiger partial charge on any atom is -0.357 e. The van der Waals surface area contributed by atoms with Gasteiger partial charge in [-0.25, -0.2) is 4.99 Å². The van der Waals surface area contributed by atoms with Crippen molar-refractivity contribution in [1.82, 2.24) is 15.5 Å². The Kier molecular flexibility index (Phi) is 7.68. The molecule has 5 nitrogen and oxygen atoms in total. The van der Waals surface area contributed by atoms with E-state index in [1.807, 2.05) is 30.3 Å². The highest BCUT2D eigenvalue weighted by Crippen LogP contribution is 2.07. The number of nitrogens with zero attached hydrogens (tertiary/aromatic N) is 2. The van der Waals surface area contributed by atoms with Crippen molar-refractivity contribution < 1.29 is 4.79 Å². The number of rotatable bonds is 7. The Balaban J connectivity index is 1.90. The molecule has 26 heavy (non-hydrogen) atoms. The fourth-order valence-corrected chi connectivity index (χ4v) is 2.49. The summed E-state index contributed by atoms with van der Waals surface area (Å²) in [6, 6.07) is 18.0. The van der Waals surface area contributed by atoms with Crippen molar-refractivity contribution in [2.45, 2.75) is 19.9 Å². The van der Waals surface area contributed by atoms with Crippen LogP contribution >= 0.6 is 0 Å². The molecule has 2 rings (SSSR count). The van der Waals surface area contributed by atoms with Crippen molar-refractivity contribution in [3.63, 3.8) is 0 Å². The second-order valence-electron chi connectivity index (χ2n) is 6.25. The van der Waals surface area contributed by atoms with E-state index in [0.29, 0.717) is 12.1 Å². The summed E-state index contributed by atoms with van der Waals surface area (Å²) < 4.78 is 0. The van der Waals surface area contributed by atoms with E-state index in [4.69, 9.17) is 0 Å². The zero-order chi connectivity index (χ0) is 18.8. The number of carbonyl (C=O) groups excluding carboxylic acids is 1. The van der Waals surface area contributed by atoms with E-state index in [1.165, 1.54) is 5.56 Å². The summed E-state index contributed by atoms with van der Waals surface area (Å²) in [5, 5.41) is 6.62. The van der Waals surface area contributed by atoms with Crippen LogP contribution in [-0.4, -0.2) is 44.0 Å². The molecule has 0 saturated heterocycles. The smallest absolute Gasteiger partial charge is 0.253 e. The number of carbonyl (C=O) groups is 1. The Hall–Kier alpha value is -2.82. The molecule has 0 aromatic heterocycles. The number of nitrogens with one attached hydrogen (secondary N) is 2. The lowest BCUT2D eigenvalue weighted by Crippen LogP contribution is -2.38. The predicted octanol–water partition coefficient (Wildman–Crippen LogP) is 2.69. The fourth-order valence-electron chi connectivity index (χ4n) is 2.49. The molecule has 138 valence electrons. The van der Waals surface area contributed by atoms with Crippen LogP contribution in [0.3, 0.4) is 0 Å². The summed E-state index contributed by atoms with van der Waals surface area (Å²) >= 11 is 0. The molecule has 0 bridgehead atoms. The molecule has 2 aromatic rings. The monoisotopic (exact) mass is 352 g/mol. The second-order valence-corrected chi connectivity index (χ2v) is 6.25. The maximum absolute atomic E-state index is 11.9. The summed E-state index contributed by atoms with van der Waals surface area (Å²) in [4.78, 5) is 18.1. The predicted molar refractivity (Wildman–Crippen MR) is 107 cm³/mol. The summed E-state index contributed by atoms with van der Waals surface area (Å²) in [6.45, 7) is 4.26. The van der Waals surface area contributed by atoms with Gasteiger partial charge in [0.2, 0.25) is 0 Å². The minimum atomic E-state index is 0.0102. The number of hydrogen-bond acceptors (Lipinski definition) is 2. The van der Waals surface area contributed by atoms with Gasteiger partial charge in [0.05, 0.1) is 6.54 Å². The van der Waals surface area contributed by atoms with Crippen LogP contribution in [0.5, 0.6) is 0 Å². The van der Waals surface area contributed by atoms with Gasteiger partial charge in [0.25, 0.3) is 5.91 Å². The highest BCUT2D eigenvalue weighted by Gasteiger charge is 2.07. The van der Waals surface area contributed by atoms with Gasteiger partial charge < -0.3 is 15.5 Å². The van der Waals surface area contributed by atoms with Crippen LogP contribution in [0.2, 0.25) is 0 Å². The van der Waals surface area contributed by atoms with Gasteiger partial charge in [-0.2, -0.15) is 0 Å². The molecule has 0 radical (unpaired) electrons. The number of hydrogen-bond donors (Lipinski definition) is 2. The van der Waals surface area contributed by atoms with E-state index >= 15 is 0 Å². The number of aliphatic imine (C=N–C) groups is 1. The standard InChI is InChI=1S/C21H28N4O/c1-4-22-21(23-15-14-17-8-6-5-7-9-17)24-16-18-10-12-19(13-11-18)20(26)25(2)3/h5-13H,4,14-16H2,1-3H3,(H2,22,23,24). The van der Waals surface area contributed by atoms with Crippen molar-refractivity contribution in [2.24, 2.45) is 4.99 Å². The lowest BCUT2D eigenvalue weighted by Gasteiger charge is -2.12. The average Bonchev–Trinajstić information content (AvgIpc) is 2.66. The highest BCUT2D eigenvalue weighted by molar-refractivity contribution is 5.93. The first-order chi connectivity index (χ1) is 12.6. The second kappa shape index (κ2) is 10.2. The summed E-state index contributed by atoms with van der Waals surface area (Å²) in [7, 11) is 3.51. The maximum Gasteiger partial charge on any atom is 0.253 e. The van der Waals surface area contributed by atoms with Crippen molar-refractivity contribution in [3.05, 3.63) is 71.3 Å². The zero-order valence-corrected chi connectivity index (χ0v) is 15.8. The first-order valence-corrected chi connectivity index (χ1v) is 8.97. The third-order valence-electron chi connectivity index (χ3n) is 3.92. The average molecular weight is 352 g/mol. The van der Waals surface area contributed by atoms with E-state index < -0.39 is 0 Å². The van der Waals surface area contributed by atoms with Crippen molar-refractivity contribution in [2.75, 3.05) is 27.2 Å². The first kappa shape index (κ1) is 19.5. The molecule has 0 aliphatic carbocycles. The highest BCUT2D eigenvalue weighted by atomic mass is 16.2. The third kappa shape index (κ3) is 6.24. The Morgan fingerprint density at radius 1 is 0.962 bits per heavy atom. The lowest BCUT2D eigenvalue weighted by atomic mass is 10.1. The number of amides is 1. The largest absolute Gasteiger partial charge is 0.357 e. The summed E-state index contributed by atoms with van der Waals surface area (Å²) in [5.74, 6) is 0.813. The van der Waals surface area contributed by atoms with Gasteiger partial charge >= 0.3 is 0 Å². The van der Waals surface area contributed by atoms with Gasteiger partial charge in [-0.1, -0.05) is 42.5 Å².